The van der Waals surface area contributed by atoms with E-state index in [0.717, 1.165) is 18.4 Å². The maximum absolute atomic E-state index is 13.3. The van der Waals surface area contributed by atoms with E-state index < -0.39 is 11.5 Å². The minimum atomic E-state index is -0.870. The molecule has 8 heteroatoms. The molecule has 1 saturated heterocycles. The normalized spacial score (nSPS) is 19.1. The highest BCUT2D eigenvalue weighted by molar-refractivity contribution is 6.42. The summed E-state index contributed by atoms with van der Waals surface area (Å²) in [5.74, 6) is -0.0175. The Balaban J connectivity index is 1.68. The summed E-state index contributed by atoms with van der Waals surface area (Å²) in [6, 6.07) is 11.9. The molecule has 0 aliphatic carbocycles. The van der Waals surface area contributed by atoms with Gasteiger partial charge in [0.25, 0.3) is 0 Å². The molecule has 6 nitrogen and oxygen atoms in total. The number of urea groups is 1. The van der Waals surface area contributed by atoms with Crippen molar-refractivity contribution in [2.45, 2.75) is 71.7 Å². The molecule has 2 aromatic carbocycles. The van der Waals surface area contributed by atoms with Crippen LogP contribution in [0.15, 0.2) is 42.5 Å². The van der Waals surface area contributed by atoms with E-state index in [9.17, 15) is 14.7 Å². The van der Waals surface area contributed by atoms with E-state index >= 15 is 0 Å². The molecule has 0 saturated carbocycles. The Morgan fingerprint density at radius 2 is 1.76 bits per heavy atom. The van der Waals surface area contributed by atoms with Crippen molar-refractivity contribution in [3.8, 4) is 0 Å². The molecule has 3 unspecified atom stereocenters. The van der Waals surface area contributed by atoms with Crippen LogP contribution in [0.25, 0.3) is 0 Å². The van der Waals surface area contributed by atoms with Gasteiger partial charge in [0.2, 0.25) is 5.91 Å². The number of likely N-dealkylation sites (tertiary alicyclic amines) is 1. The molecule has 34 heavy (non-hydrogen) atoms. The summed E-state index contributed by atoms with van der Waals surface area (Å²) in [6.07, 6.45) is 1.44. The van der Waals surface area contributed by atoms with Crippen LogP contribution in [-0.2, 0) is 11.3 Å². The summed E-state index contributed by atoms with van der Waals surface area (Å²) in [6.45, 7) is 8.07. The van der Waals surface area contributed by atoms with Gasteiger partial charge in [0.1, 0.15) is 0 Å². The van der Waals surface area contributed by atoms with Gasteiger partial charge in [-0.2, -0.15) is 0 Å². The van der Waals surface area contributed by atoms with E-state index in [2.05, 4.69) is 10.6 Å². The number of benzene rings is 2. The third-order valence-electron chi connectivity index (χ3n) is 6.24. The van der Waals surface area contributed by atoms with Crippen LogP contribution >= 0.6 is 23.2 Å². The molecule has 2 aromatic rings. The van der Waals surface area contributed by atoms with Gasteiger partial charge in [-0.15, -0.1) is 0 Å². The van der Waals surface area contributed by atoms with Crippen LogP contribution in [0, 0.1) is 5.41 Å². The first-order chi connectivity index (χ1) is 16.0. The second-order valence-electron chi connectivity index (χ2n) is 9.79. The minimum Gasteiger partial charge on any atom is -0.386 e. The number of hydrogen-bond acceptors (Lipinski definition) is 3. The van der Waals surface area contributed by atoms with Crippen molar-refractivity contribution in [3.05, 3.63) is 63.6 Å². The van der Waals surface area contributed by atoms with Gasteiger partial charge in [0.15, 0.2) is 0 Å². The zero-order valence-corrected chi connectivity index (χ0v) is 21.6. The number of carbonyl (C=O) groups excluding carboxylic acids is 2. The lowest BCUT2D eigenvalue weighted by Gasteiger charge is -2.33. The predicted octanol–water partition coefficient (Wildman–Crippen LogP) is 6.16. The largest absolute Gasteiger partial charge is 0.386 e. The fourth-order valence-electron chi connectivity index (χ4n) is 4.20. The van der Waals surface area contributed by atoms with E-state index in [0.29, 0.717) is 34.3 Å². The molecule has 3 atom stereocenters. The van der Waals surface area contributed by atoms with Crippen LogP contribution in [0.3, 0.4) is 0 Å². The fourth-order valence-corrected chi connectivity index (χ4v) is 4.51. The number of nitrogens with zero attached hydrogens (tertiary/aromatic N) is 1. The highest BCUT2D eigenvalue weighted by Gasteiger charge is 2.40. The first-order valence-electron chi connectivity index (χ1n) is 11.6. The standard InChI is InChI=1S/C26H33Cl2N3O3/c1-5-19-11-13-22(23(32)17-8-12-20(27)21(28)14-17)31(19)25(34)30-18-9-6-16(7-10-18)15-29-24(33)26(2,3)4/h6-10,12,14,19,22-23,32H,5,11,13,15H2,1-4H3,(H,29,33)(H,30,34). The zero-order valence-electron chi connectivity index (χ0n) is 20.1. The topological polar surface area (TPSA) is 81.7 Å². The van der Waals surface area contributed by atoms with Gasteiger partial charge < -0.3 is 20.6 Å². The van der Waals surface area contributed by atoms with E-state index in [1.165, 1.54) is 0 Å². The number of halogens is 2. The molecule has 0 bridgehead atoms. The molecular formula is C26H33Cl2N3O3. The van der Waals surface area contributed by atoms with Gasteiger partial charge in [-0.1, -0.05) is 69.1 Å². The number of hydrogen-bond donors (Lipinski definition) is 3. The summed E-state index contributed by atoms with van der Waals surface area (Å²) in [5, 5.41) is 17.8. The highest BCUT2D eigenvalue weighted by Crippen LogP contribution is 2.36. The van der Waals surface area contributed by atoms with Gasteiger partial charge in [-0.05, 0) is 54.7 Å². The first-order valence-corrected chi connectivity index (χ1v) is 12.4. The Labute approximate surface area is 211 Å². The van der Waals surface area contributed by atoms with E-state index in [1.807, 2.05) is 52.0 Å². The Morgan fingerprint density at radius 3 is 2.35 bits per heavy atom. The Hall–Kier alpha value is -2.28. The highest BCUT2D eigenvalue weighted by atomic mass is 35.5. The van der Waals surface area contributed by atoms with Crippen molar-refractivity contribution in [1.82, 2.24) is 10.2 Å². The van der Waals surface area contributed by atoms with Crippen molar-refractivity contribution in [2.24, 2.45) is 5.41 Å². The maximum atomic E-state index is 13.3. The van der Waals surface area contributed by atoms with Crippen LogP contribution in [0.4, 0.5) is 10.5 Å². The van der Waals surface area contributed by atoms with Crippen molar-refractivity contribution in [3.63, 3.8) is 0 Å². The monoisotopic (exact) mass is 505 g/mol. The Bertz CT molecular complexity index is 1020. The number of nitrogens with one attached hydrogen (secondary N) is 2. The molecule has 1 aliphatic heterocycles. The van der Waals surface area contributed by atoms with Gasteiger partial charge in [-0.25, -0.2) is 4.79 Å². The van der Waals surface area contributed by atoms with Crippen molar-refractivity contribution in [2.75, 3.05) is 5.32 Å². The lowest BCUT2D eigenvalue weighted by atomic mass is 9.95. The minimum absolute atomic E-state index is 0.0175. The number of amides is 3. The van der Waals surface area contributed by atoms with Crippen molar-refractivity contribution in [1.29, 1.82) is 0 Å². The summed E-state index contributed by atoms with van der Waals surface area (Å²) < 4.78 is 0. The molecule has 1 aliphatic rings. The molecule has 184 valence electrons. The average Bonchev–Trinajstić information content (AvgIpc) is 3.23. The summed E-state index contributed by atoms with van der Waals surface area (Å²) >= 11 is 12.2. The van der Waals surface area contributed by atoms with Crippen molar-refractivity contribution >= 4 is 40.8 Å². The Morgan fingerprint density at radius 1 is 1.09 bits per heavy atom. The SMILES string of the molecule is CCC1CCC(C(O)c2ccc(Cl)c(Cl)c2)N1C(=O)Nc1ccc(CNC(=O)C(C)(C)C)cc1. The quantitative estimate of drug-likeness (QED) is 0.439. The van der Waals surface area contributed by atoms with Crippen LogP contribution in [0.5, 0.6) is 0 Å². The smallest absolute Gasteiger partial charge is 0.322 e. The lowest BCUT2D eigenvalue weighted by Crippen LogP contribution is -2.46. The number of aliphatic hydroxyl groups excluding tert-OH is 1. The van der Waals surface area contributed by atoms with Crippen LogP contribution < -0.4 is 10.6 Å². The summed E-state index contributed by atoms with van der Waals surface area (Å²) in [4.78, 5) is 27.1. The van der Waals surface area contributed by atoms with Crippen molar-refractivity contribution < 1.29 is 14.7 Å². The Kier molecular flexibility index (Phi) is 8.50. The van der Waals surface area contributed by atoms with E-state index in [4.69, 9.17) is 23.2 Å². The predicted molar refractivity (Wildman–Crippen MR) is 137 cm³/mol. The third kappa shape index (κ3) is 6.23. The van der Waals surface area contributed by atoms with Gasteiger partial charge in [-0.3, -0.25) is 4.79 Å². The number of carbonyl (C=O) groups is 2. The molecule has 0 radical (unpaired) electrons. The molecule has 1 heterocycles. The van der Waals surface area contributed by atoms with Crippen LogP contribution in [0.2, 0.25) is 10.0 Å². The van der Waals surface area contributed by atoms with Crippen LogP contribution in [-0.4, -0.2) is 34.0 Å². The number of rotatable bonds is 6. The second kappa shape index (κ2) is 11.0. The van der Waals surface area contributed by atoms with Gasteiger partial charge in [0, 0.05) is 23.7 Å². The molecule has 0 aromatic heterocycles. The average molecular weight is 506 g/mol. The zero-order chi connectivity index (χ0) is 25.0. The lowest BCUT2D eigenvalue weighted by molar-refractivity contribution is -0.128. The van der Waals surface area contributed by atoms with E-state index in [-0.39, 0.29) is 24.0 Å². The molecule has 0 spiro atoms. The second-order valence-corrected chi connectivity index (χ2v) is 10.6. The molecular weight excluding hydrogens is 473 g/mol. The third-order valence-corrected chi connectivity index (χ3v) is 6.98. The summed E-state index contributed by atoms with van der Waals surface area (Å²) in [7, 11) is 0. The molecule has 3 amide bonds. The number of aliphatic hydroxyl groups is 1. The first kappa shape index (κ1) is 26.3. The van der Waals surface area contributed by atoms with Gasteiger partial charge in [0.05, 0.1) is 22.2 Å². The van der Waals surface area contributed by atoms with E-state index in [1.54, 1.807) is 23.1 Å². The summed E-state index contributed by atoms with van der Waals surface area (Å²) in [5.41, 5.74) is 1.78. The van der Waals surface area contributed by atoms with Gasteiger partial charge >= 0.3 is 6.03 Å². The fraction of sp³-hybridized carbons (Fsp3) is 0.462. The van der Waals surface area contributed by atoms with Crippen LogP contribution in [0.1, 0.15) is 64.2 Å². The molecule has 1 fully saturated rings. The molecule has 3 rings (SSSR count). The molecule has 3 N–H and O–H groups in total. The maximum Gasteiger partial charge on any atom is 0.322 e. The number of anilines is 1.